The standard InChI is InChI=1S/C26H28FN5O4/c1-28-24(33)22-13-21(36-31-22)16-35-25(34)30-20-14-26(15-20)7-10-32(11-8-26)23-12-18(6-9-29-23)17-2-4-19(27)5-3-17/h2-6,9,12-13,20H,7-8,10-11,14-16H2,1H3,(H,28,33)(H,30,34). The van der Waals surface area contributed by atoms with Crippen LogP contribution in [0.15, 0.2) is 53.2 Å². The second kappa shape index (κ2) is 9.96. The van der Waals surface area contributed by atoms with Gasteiger partial charge in [0.05, 0.1) is 0 Å². The van der Waals surface area contributed by atoms with Crippen molar-refractivity contribution in [2.45, 2.75) is 38.3 Å². The molecule has 5 rings (SSSR count). The molecule has 2 N–H and O–H groups in total. The summed E-state index contributed by atoms with van der Waals surface area (Å²) in [6.07, 6.45) is 5.19. The van der Waals surface area contributed by atoms with Gasteiger partial charge in [0.1, 0.15) is 11.6 Å². The van der Waals surface area contributed by atoms with Gasteiger partial charge in [-0.05, 0) is 66.5 Å². The van der Waals surface area contributed by atoms with Gasteiger partial charge < -0.3 is 24.8 Å². The highest BCUT2D eigenvalue weighted by molar-refractivity contribution is 5.91. The summed E-state index contributed by atoms with van der Waals surface area (Å²) in [7, 11) is 1.50. The predicted octanol–water partition coefficient (Wildman–Crippen LogP) is 3.91. The SMILES string of the molecule is CNC(=O)c1cc(COC(=O)NC2CC3(CCN(c4cc(-c5ccc(F)cc5)ccn4)CC3)C2)on1. The number of nitrogens with zero attached hydrogens (tertiary/aromatic N) is 3. The second-order valence-electron chi connectivity index (χ2n) is 9.48. The lowest BCUT2D eigenvalue weighted by Crippen LogP contribution is -2.55. The summed E-state index contributed by atoms with van der Waals surface area (Å²) in [5, 5.41) is 9.01. The number of halogens is 1. The van der Waals surface area contributed by atoms with Gasteiger partial charge in [-0.1, -0.05) is 17.3 Å². The van der Waals surface area contributed by atoms with Crippen LogP contribution in [0.1, 0.15) is 41.9 Å². The lowest BCUT2D eigenvalue weighted by molar-refractivity contribution is 0.0457. The number of carbonyl (C=O) groups excluding carboxylic acids is 2. The Morgan fingerprint density at radius 2 is 1.89 bits per heavy atom. The van der Waals surface area contributed by atoms with Gasteiger partial charge in [0.25, 0.3) is 5.91 Å². The third-order valence-corrected chi connectivity index (χ3v) is 7.12. The third-order valence-electron chi connectivity index (χ3n) is 7.12. The number of amides is 2. The number of ether oxygens (including phenoxy) is 1. The molecule has 36 heavy (non-hydrogen) atoms. The Balaban J connectivity index is 1.07. The highest BCUT2D eigenvalue weighted by atomic mass is 19.1. The van der Waals surface area contributed by atoms with E-state index in [-0.39, 0.29) is 35.5 Å². The molecule has 0 bridgehead atoms. The molecule has 2 amide bonds. The number of alkyl carbamates (subject to hydrolysis) is 1. The molecule has 2 fully saturated rings. The van der Waals surface area contributed by atoms with Crippen LogP contribution in [0, 0.1) is 11.2 Å². The molecule has 1 saturated carbocycles. The summed E-state index contributed by atoms with van der Waals surface area (Å²) < 4.78 is 23.5. The lowest BCUT2D eigenvalue weighted by atomic mass is 9.60. The summed E-state index contributed by atoms with van der Waals surface area (Å²) in [4.78, 5) is 30.5. The largest absolute Gasteiger partial charge is 0.441 e. The van der Waals surface area contributed by atoms with Crippen molar-refractivity contribution in [3.63, 3.8) is 0 Å². The highest BCUT2D eigenvalue weighted by Crippen LogP contribution is 2.49. The molecule has 3 heterocycles. The fourth-order valence-electron chi connectivity index (χ4n) is 5.08. The molecule has 2 aliphatic rings. The number of hydrogen-bond donors (Lipinski definition) is 2. The molecule has 1 spiro atoms. The van der Waals surface area contributed by atoms with E-state index in [9.17, 15) is 14.0 Å². The van der Waals surface area contributed by atoms with Crippen molar-refractivity contribution in [1.82, 2.24) is 20.8 Å². The lowest BCUT2D eigenvalue weighted by Gasteiger charge is -2.52. The first kappa shape index (κ1) is 23.8. The molecule has 188 valence electrons. The number of benzene rings is 1. The number of aromatic nitrogens is 2. The van der Waals surface area contributed by atoms with Crippen LogP contribution in [-0.2, 0) is 11.3 Å². The maximum atomic E-state index is 13.3. The van der Waals surface area contributed by atoms with Crippen LogP contribution in [0.25, 0.3) is 11.1 Å². The van der Waals surface area contributed by atoms with Crippen LogP contribution in [0.5, 0.6) is 0 Å². The van der Waals surface area contributed by atoms with Gasteiger partial charge in [-0.25, -0.2) is 14.2 Å². The van der Waals surface area contributed by atoms with E-state index in [4.69, 9.17) is 9.26 Å². The van der Waals surface area contributed by atoms with E-state index >= 15 is 0 Å². The smallest absolute Gasteiger partial charge is 0.407 e. The highest BCUT2D eigenvalue weighted by Gasteiger charge is 2.46. The van der Waals surface area contributed by atoms with Crippen molar-refractivity contribution in [3.8, 4) is 11.1 Å². The van der Waals surface area contributed by atoms with Gasteiger partial charge in [-0.3, -0.25) is 4.79 Å². The summed E-state index contributed by atoms with van der Waals surface area (Å²) in [6.45, 7) is 1.71. The monoisotopic (exact) mass is 493 g/mol. The van der Waals surface area contributed by atoms with Crippen LogP contribution < -0.4 is 15.5 Å². The van der Waals surface area contributed by atoms with Crippen LogP contribution in [0.3, 0.4) is 0 Å². The molecular formula is C26H28FN5O4. The van der Waals surface area contributed by atoms with Crippen LogP contribution in [0.4, 0.5) is 15.0 Å². The van der Waals surface area contributed by atoms with Gasteiger partial charge in [-0.15, -0.1) is 0 Å². The van der Waals surface area contributed by atoms with Gasteiger partial charge >= 0.3 is 6.09 Å². The van der Waals surface area contributed by atoms with Gasteiger partial charge in [0.2, 0.25) is 0 Å². The normalized spacial score (nSPS) is 16.9. The molecule has 2 aromatic heterocycles. The zero-order valence-electron chi connectivity index (χ0n) is 20.0. The quantitative estimate of drug-likeness (QED) is 0.536. The summed E-state index contributed by atoms with van der Waals surface area (Å²) >= 11 is 0. The number of rotatable bonds is 6. The van der Waals surface area contributed by atoms with E-state index in [1.165, 1.54) is 25.2 Å². The molecule has 9 nitrogen and oxygen atoms in total. The molecule has 0 radical (unpaired) electrons. The molecule has 1 aromatic carbocycles. The topological polar surface area (TPSA) is 110 Å². The minimum atomic E-state index is -0.507. The summed E-state index contributed by atoms with van der Waals surface area (Å²) in [6, 6.07) is 12.0. The average Bonchev–Trinajstić information content (AvgIpc) is 3.36. The molecular weight excluding hydrogens is 465 g/mol. The molecule has 0 unspecified atom stereocenters. The number of piperidine rings is 1. The third kappa shape index (κ3) is 5.17. The van der Waals surface area contributed by atoms with E-state index in [2.05, 4.69) is 31.7 Å². The zero-order chi connectivity index (χ0) is 25.1. The fraction of sp³-hybridized carbons (Fsp3) is 0.385. The fourth-order valence-corrected chi connectivity index (χ4v) is 5.08. The minimum Gasteiger partial charge on any atom is -0.441 e. The van der Waals surface area contributed by atoms with E-state index in [0.717, 1.165) is 55.7 Å². The Bertz CT molecular complexity index is 1230. The number of pyridine rings is 1. The second-order valence-corrected chi connectivity index (χ2v) is 9.48. The summed E-state index contributed by atoms with van der Waals surface area (Å²) in [5.41, 5.74) is 2.35. The van der Waals surface area contributed by atoms with Crippen molar-refractivity contribution in [1.29, 1.82) is 0 Å². The molecule has 1 aliphatic heterocycles. The average molecular weight is 494 g/mol. The Hall–Kier alpha value is -3.95. The van der Waals surface area contributed by atoms with Crippen LogP contribution in [-0.4, -0.2) is 48.3 Å². The van der Waals surface area contributed by atoms with Crippen molar-refractivity contribution in [3.05, 3.63) is 65.9 Å². The Morgan fingerprint density at radius 3 is 2.61 bits per heavy atom. The zero-order valence-corrected chi connectivity index (χ0v) is 20.0. The van der Waals surface area contributed by atoms with Gasteiger partial charge in [-0.2, -0.15) is 0 Å². The number of hydrogen-bond acceptors (Lipinski definition) is 7. The first-order valence-electron chi connectivity index (χ1n) is 12.0. The number of anilines is 1. The predicted molar refractivity (Wildman–Crippen MR) is 130 cm³/mol. The molecule has 10 heteroatoms. The molecule has 1 aliphatic carbocycles. The van der Waals surface area contributed by atoms with E-state index < -0.39 is 6.09 Å². The van der Waals surface area contributed by atoms with Gasteiger partial charge in [0, 0.05) is 38.4 Å². The molecule has 3 aromatic rings. The Morgan fingerprint density at radius 1 is 1.14 bits per heavy atom. The summed E-state index contributed by atoms with van der Waals surface area (Å²) in [5.74, 6) is 0.619. The van der Waals surface area contributed by atoms with Crippen molar-refractivity contribution >= 4 is 17.8 Å². The van der Waals surface area contributed by atoms with Crippen molar-refractivity contribution < 1.29 is 23.2 Å². The maximum absolute atomic E-state index is 13.3. The van der Waals surface area contributed by atoms with E-state index in [0.29, 0.717) is 5.76 Å². The Kier molecular flexibility index (Phi) is 6.58. The van der Waals surface area contributed by atoms with Crippen molar-refractivity contribution in [2.75, 3.05) is 25.0 Å². The first-order valence-corrected chi connectivity index (χ1v) is 12.0. The minimum absolute atomic E-state index is 0.0835. The number of carbonyl (C=O) groups is 2. The maximum Gasteiger partial charge on any atom is 0.407 e. The van der Waals surface area contributed by atoms with E-state index in [1.807, 2.05) is 6.07 Å². The van der Waals surface area contributed by atoms with E-state index in [1.54, 1.807) is 18.3 Å². The first-order chi connectivity index (χ1) is 17.4. The van der Waals surface area contributed by atoms with Gasteiger partial charge in [0.15, 0.2) is 18.1 Å². The van der Waals surface area contributed by atoms with Crippen LogP contribution >= 0.6 is 0 Å². The number of nitrogens with one attached hydrogen (secondary N) is 2. The van der Waals surface area contributed by atoms with Crippen LogP contribution in [0.2, 0.25) is 0 Å². The molecule has 1 saturated heterocycles. The van der Waals surface area contributed by atoms with Crippen molar-refractivity contribution in [2.24, 2.45) is 5.41 Å². The molecule has 0 atom stereocenters. The Labute approximate surface area is 208 Å².